The summed E-state index contributed by atoms with van der Waals surface area (Å²) >= 11 is 1.78. The molecule has 3 N–H and O–H groups in total. The zero-order chi connectivity index (χ0) is 9.97. The van der Waals surface area contributed by atoms with Gasteiger partial charge in [-0.2, -0.15) is 0 Å². The Morgan fingerprint density at radius 2 is 2.25 bits per heavy atom. The van der Waals surface area contributed by atoms with E-state index in [1.165, 1.54) is 10.6 Å². The van der Waals surface area contributed by atoms with Crippen molar-refractivity contribution in [3.63, 3.8) is 0 Å². The van der Waals surface area contributed by atoms with E-state index in [0.717, 1.165) is 37.4 Å². The highest BCUT2D eigenvalue weighted by atomic mass is 79.9. The number of rotatable bonds is 3. The fraction of sp³-hybridized carbons (Fsp3) is 0.700. The molecule has 1 aliphatic carbocycles. The number of hydrogen-bond acceptors (Lipinski definition) is 4. The zero-order valence-corrected chi connectivity index (χ0v) is 13.6. The normalized spacial score (nSPS) is 18.0. The van der Waals surface area contributed by atoms with Gasteiger partial charge in [0.05, 0.1) is 5.69 Å². The van der Waals surface area contributed by atoms with Crippen LogP contribution in [0.2, 0.25) is 0 Å². The van der Waals surface area contributed by atoms with Crippen LogP contribution in [0.3, 0.4) is 0 Å². The third kappa shape index (κ3) is 3.98. The lowest BCUT2D eigenvalue weighted by atomic mass is 9.99. The van der Waals surface area contributed by atoms with Crippen LogP contribution in [0.15, 0.2) is 0 Å². The summed E-state index contributed by atoms with van der Waals surface area (Å²) in [6, 6.07) is 0.349. The number of nitrogens with one attached hydrogen (secondary N) is 1. The third-order valence-corrected chi connectivity index (χ3v) is 3.58. The lowest BCUT2D eigenvalue weighted by Crippen LogP contribution is -2.26. The Morgan fingerprint density at radius 3 is 2.94 bits per heavy atom. The molecule has 0 bridgehead atoms. The van der Waals surface area contributed by atoms with Crippen molar-refractivity contribution in [3.8, 4) is 0 Å². The summed E-state index contributed by atoms with van der Waals surface area (Å²) in [5, 5.41) is 4.41. The van der Waals surface area contributed by atoms with Gasteiger partial charge in [0.2, 0.25) is 0 Å². The molecule has 1 atom stereocenters. The number of nitrogens with two attached hydrogens (primary N) is 1. The standard InChI is InChI=1S/C10H17N3S.2BrH/c1-2-5-12-10-13-8-4-3-7(11)6-9(8)14-10;;/h7H,2-6,11H2,1H3,(H,12,13);2*1H. The number of aryl methyl sites for hydroxylation is 1. The summed E-state index contributed by atoms with van der Waals surface area (Å²) in [6.07, 6.45) is 4.30. The molecule has 0 saturated heterocycles. The van der Waals surface area contributed by atoms with Gasteiger partial charge in [0.1, 0.15) is 0 Å². The average molecular weight is 373 g/mol. The van der Waals surface area contributed by atoms with Gasteiger partial charge in [0, 0.05) is 17.5 Å². The van der Waals surface area contributed by atoms with Crippen molar-refractivity contribution >= 4 is 50.4 Å². The van der Waals surface area contributed by atoms with Crippen LogP contribution in [-0.2, 0) is 12.8 Å². The van der Waals surface area contributed by atoms with E-state index in [9.17, 15) is 0 Å². The molecule has 3 nitrogen and oxygen atoms in total. The fourth-order valence-corrected chi connectivity index (χ4v) is 2.83. The van der Waals surface area contributed by atoms with Crippen LogP contribution in [0.5, 0.6) is 0 Å². The zero-order valence-electron chi connectivity index (χ0n) is 9.36. The molecule has 0 saturated carbocycles. The van der Waals surface area contributed by atoms with E-state index in [4.69, 9.17) is 5.73 Å². The molecule has 0 fully saturated rings. The van der Waals surface area contributed by atoms with Crippen molar-refractivity contribution in [1.82, 2.24) is 4.98 Å². The van der Waals surface area contributed by atoms with Gasteiger partial charge in [-0.15, -0.1) is 45.3 Å². The second-order valence-corrected chi connectivity index (χ2v) is 4.90. The maximum atomic E-state index is 5.92. The summed E-state index contributed by atoms with van der Waals surface area (Å²) < 4.78 is 0. The maximum Gasteiger partial charge on any atom is 0.183 e. The average Bonchev–Trinajstić information content (AvgIpc) is 2.56. The molecule has 0 aromatic carbocycles. The molecule has 1 aliphatic rings. The molecular formula is C10H19Br2N3S. The van der Waals surface area contributed by atoms with Crippen LogP contribution in [0.25, 0.3) is 0 Å². The summed E-state index contributed by atoms with van der Waals surface area (Å²) in [6.45, 7) is 3.18. The number of aromatic nitrogens is 1. The summed E-state index contributed by atoms with van der Waals surface area (Å²) in [5.74, 6) is 0. The SMILES string of the molecule is Br.Br.CCCNc1nc2c(s1)CC(N)CC2. The second-order valence-electron chi connectivity index (χ2n) is 3.82. The Labute approximate surface area is 122 Å². The van der Waals surface area contributed by atoms with Crippen LogP contribution >= 0.6 is 45.3 Å². The summed E-state index contributed by atoms with van der Waals surface area (Å²) in [4.78, 5) is 5.97. The fourth-order valence-electron chi connectivity index (χ4n) is 1.71. The Morgan fingerprint density at radius 1 is 1.50 bits per heavy atom. The highest BCUT2D eigenvalue weighted by Crippen LogP contribution is 2.29. The quantitative estimate of drug-likeness (QED) is 0.857. The number of halogens is 2. The van der Waals surface area contributed by atoms with E-state index in [-0.39, 0.29) is 34.0 Å². The third-order valence-electron chi connectivity index (χ3n) is 2.50. The van der Waals surface area contributed by atoms with Gasteiger partial charge in [-0.25, -0.2) is 4.98 Å². The van der Waals surface area contributed by atoms with Crippen LogP contribution < -0.4 is 11.1 Å². The molecule has 0 radical (unpaired) electrons. The van der Waals surface area contributed by atoms with Crippen molar-refractivity contribution in [2.75, 3.05) is 11.9 Å². The monoisotopic (exact) mass is 371 g/mol. The maximum absolute atomic E-state index is 5.92. The summed E-state index contributed by atoms with van der Waals surface area (Å²) in [7, 11) is 0. The van der Waals surface area contributed by atoms with E-state index in [0.29, 0.717) is 6.04 Å². The smallest absolute Gasteiger partial charge is 0.183 e. The highest BCUT2D eigenvalue weighted by molar-refractivity contribution is 8.93. The molecule has 1 aromatic rings. The van der Waals surface area contributed by atoms with E-state index in [1.54, 1.807) is 11.3 Å². The Bertz CT molecular complexity index is 317. The molecule has 1 heterocycles. The highest BCUT2D eigenvalue weighted by Gasteiger charge is 2.19. The number of fused-ring (bicyclic) bond motifs is 1. The lowest BCUT2D eigenvalue weighted by molar-refractivity contribution is 0.576. The van der Waals surface area contributed by atoms with Gasteiger partial charge < -0.3 is 11.1 Å². The minimum absolute atomic E-state index is 0. The predicted octanol–water partition coefficient (Wildman–Crippen LogP) is 2.94. The minimum atomic E-state index is 0. The molecule has 1 aromatic heterocycles. The van der Waals surface area contributed by atoms with Gasteiger partial charge in [-0.1, -0.05) is 6.92 Å². The van der Waals surface area contributed by atoms with E-state index in [1.807, 2.05) is 0 Å². The molecule has 16 heavy (non-hydrogen) atoms. The van der Waals surface area contributed by atoms with Crippen molar-refractivity contribution in [1.29, 1.82) is 0 Å². The first kappa shape index (κ1) is 16.4. The van der Waals surface area contributed by atoms with E-state index in [2.05, 4.69) is 17.2 Å². The number of hydrogen-bond donors (Lipinski definition) is 2. The summed E-state index contributed by atoms with van der Waals surface area (Å²) in [5.41, 5.74) is 7.19. The Hall–Kier alpha value is 0.350. The molecule has 0 aliphatic heterocycles. The van der Waals surface area contributed by atoms with Crippen molar-refractivity contribution in [2.45, 2.75) is 38.6 Å². The van der Waals surface area contributed by atoms with Gasteiger partial charge in [0.25, 0.3) is 0 Å². The Balaban J connectivity index is 0.00000112. The molecular weight excluding hydrogens is 354 g/mol. The van der Waals surface area contributed by atoms with Crippen molar-refractivity contribution in [2.24, 2.45) is 5.73 Å². The molecule has 1 unspecified atom stereocenters. The number of thiazole rings is 1. The number of nitrogens with zero attached hydrogens (tertiary/aromatic N) is 1. The predicted molar refractivity (Wildman–Crippen MR) is 81.5 cm³/mol. The van der Waals surface area contributed by atoms with Crippen LogP contribution in [0.4, 0.5) is 5.13 Å². The minimum Gasteiger partial charge on any atom is -0.362 e. The molecule has 0 amide bonds. The lowest BCUT2D eigenvalue weighted by Gasteiger charge is -2.15. The van der Waals surface area contributed by atoms with E-state index >= 15 is 0 Å². The van der Waals surface area contributed by atoms with Gasteiger partial charge >= 0.3 is 0 Å². The van der Waals surface area contributed by atoms with E-state index < -0.39 is 0 Å². The van der Waals surface area contributed by atoms with Crippen LogP contribution in [0.1, 0.15) is 30.3 Å². The number of anilines is 1. The van der Waals surface area contributed by atoms with Crippen molar-refractivity contribution < 1.29 is 0 Å². The Kier molecular flexibility index (Phi) is 7.80. The molecule has 0 spiro atoms. The van der Waals surface area contributed by atoms with Crippen LogP contribution in [-0.4, -0.2) is 17.6 Å². The van der Waals surface area contributed by atoms with Gasteiger partial charge in [-0.05, 0) is 25.7 Å². The van der Waals surface area contributed by atoms with Gasteiger partial charge in [-0.3, -0.25) is 0 Å². The molecule has 6 heteroatoms. The van der Waals surface area contributed by atoms with Crippen molar-refractivity contribution in [3.05, 3.63) is 10.6 Å². The molecule has 2 rings (SSSR count). The van der Waals surface area contributed by atoms with Crippen LogP contribution in [0, 0.1) is 0 Å². The van der Waals surface area contributed by atoms with Gasteiger partial charge in [0.15, 0.2) is 5.13 Å². The topological polar surface area (TPSA) is 50.9 Å². The first-order valence-corrected chi connectivity index (χ1v) is 6.09. The first-order chi connectivity index (χ1) is 6.79. The molecule has 94 valence electrons. The largest absolute Gasteiger partial charge is 0.362 e. The second kappa shape index (κ2) is 7.63. The first-order valence-electron chi connectivity index (χ1n) is 5.27.